The maximum absolute atomic E-state index is 11.9. The van der Waals surface area contributed by atoms with Gasteiger partial charge in [0, 0.05) is 45.5 Å². The van der Waals surface area contributed by atoms with E-state index in [4.69, 9.17) is 5.11 Å². The fourth-order valence-electron chi connectivity index (χ4n) is 2.42. The molecule has 1 N–H and O–H groups in total. The Labute approximate surface area is 102 Å². The minimum absolute atomic E-state index is 0.272. The maximum Gasteiger partial charge on any atom is 0.236 e. The van der Waals surface area contributed by atoms with Crippen LogP contribution in [0.15, 0.2) is 12.5 Å². The van der Waals surface area contributed by atoms with Crippen LogP contribution in [0, 0.1) is 0 Å². The highest BCUT2D eigenvalue weighted by molar-refractivity contribution is 5.78. The summed E-state index contributed by atoms with van der Waals surface area (Å²) in [6.45, 7) is 5.97. The highest BCUT2D eigenvalue weighted by Crippen LogP contribution is 2.09. The first-order valence-corrected chi connectivity index (χ1v) is 6.34. The van der Waals surface area contributed by atoms with Crippen LogP contribution in [-0.4, -0.2) is 71.5 Å². The van der Waals surface area contributed by atoms with Crippen molar-refractivity contribution in [1.29, 1.82) is 0 Å². The number of rotatable bonds is 3. The predicted molar refractivity (Wildman–Crippen MR) is 65.6 cm³/mol. The number of aliphatic hydroxyl groups excluding tert-OH is 1. The van der Waals surface area contributed by atoms with Crippen LogP contribution < -0.4 is 0 Å². The smallest absolute Gasteiger partial charge is 0.236 e. The summed E-state index contributed by atoms with van der Waals surface area (Å²) < 4.78 is 0. The summed E-state index contributed by atoms with van der Waals surface area (Å²) >= 11 is 0. The third-order valence-corrected chi connectivity index (χ3v) is 3.50. The molecule has 0 aromatic heterocycles. The van der Waals surface area contributed by atoms with Crippen LogP contribution in [0.1, 0.15) is 12.8 Å². The Hall–Kier alpha value is -1.23. The van der Waals surface area contributed by atoms with Crippen LogP contribution in [-0.2, 0) is 4.79 Å². The molecule has 0 aliphatic carbocycles. The van der Waals surface area contributed by atoms with Crippen LogP contribution >= 0.6 is 0 Å². The topological polar surface area (TPSA) is 47.0 Å². The number of nitrogens with zero attached hydrogens (tertiary/aromatic N) is 3. The predicted octanol–water partition coefficient (Wildman–Crippen LogP) is 0.256. The van der Waals surface area contributed by atoms with Crippen LogP contribution in [0.25, 0.3) is 0 Å². The Morgan fingerprint density at radius 2 is 1.71 bits per heavy atom. The fourth-order valence-corrected chi connectivity index (χ4v) is 2.42. The van der Waals surface area contributed by atoms with E-state index in [1.807, 2.05) is 4.90 Å². The lowest BCUT2D eigenvalue weighted by Crippen LogP contribution is -2.48. The Bertz CT molecular complexity index is 279. The molecule has 2 rings (SSSR count). The third kappa shape index (κ3) is 3.36. The summed E-state index contributed by atoms with van der Waals surface area (Å²) in [5.74, 6) is 0.272. The van der Waals surface area contributed by atoms with Gasteiger partial charge in [0.05, 0.1) is 12.8 Å². The molecule has 0 aromatic rings. The summed E-state index contributed by atoms with van der Waals surface area (Å²) in [6, 6.07) is 0. The van der Waals surface area contributed by atoms with E-state index in [0.29, 0.717) is 6.54 Å². The van der Waals surface area contributed by atoms with Crippen molar-refractivity contribution in [2.75, 3.05) is 45.8 Å². The van der Waals surface area contributed by atoms with E-state index in [9.17, 15) is 4.79 Å². The summed E-state index contributed by atoms with van der Waals surface area (Å²) in [6.07, 6.45) is 5.08. The molecule has 2 aliphatic heterocycles. The zero-order valence-electron chi connectivity index (χ0n) is 10.2. The van der Waals surface area contributed by atoms with Gasteiger partial charge in [0.2, 0.25) is 5.91 Å². The van der Waals surface area contributed by atoms with E-state index in [2.05, 4.69) is 9.80 Å². The molecule has 2 aliphatic rings. The average molecular weight is 239 g/mol. The van der Waals surface area contributed by atoms with Gasteiger partial charge in [0.1, 0.15) is 0 Å². The van der Waals surface area contributed by atoms with Gasteiger partial charge in [0.25, 0.3) is 0 Å². The molecular formula is C12H21N3O2. The third-order valence-electron chi connectivity index (χ3n) is 3.50. The lowest BCUT2D eigenvalue weighted by atomic mass is 10.3. The van der Waals surface area contributed by atoms with E-state index < -0.39 is 0 Å². The quantitative estimate of drug-likeness (QED) is 0.718. The number of piperazine rings is 1. The van der Waals surface area contributed by atoms with E-state index in [1.165, 1.54) is 0 Å². The Morgan fingerprint density at radius 3 is 2.29 bits per heavy atom. The lowest BCUT2D eigenvalue weighted by Gasteiger charge is -2.34. The minimum atomic E-state index is 0.272. The number of hydrogen-bond acceptors (Lipinski definition) is 4. The van der Waals surface area contributed by atoms with Gasteiger partial charge in [-0.05, 0) is 12.8 Å². The number of aliphatic hydroxyl groups is 1. The number of amides is 1. The molecule has 0 atom stereocenters. The molecule has 1 amide bonds. The molecule has 5 heteroatoms. The molecule has 0 unspecified atom stereocenters. The standard InChI is InChI=1S/C12H21N3O2/c16-10-9-13-5-7-14(8-6-13)11-12(17)15-3-1-2-4-15/h9-10,16H,1-8,11H2/b10-9+. The van der Waals surface area contributed by atoms with Crippen LogP contribution in [0.2, 0.25) is 0 Å². The molecule has 17 heavy (non-hydrogen) atoms. The molecule has 0 bridgehead atoms. The molecule has 0 spiro atoms. The molecule has 0 aromatic carbocycles. The Balaban J connectivity index is 1.72. The number of carbonyl (C=O) groups excluding carboxylic acids is 1. The van der Waals surface area contributed by atoms with Crippen LogP contribution in [0.3, 0.4) is 0 Å². The van der Waals surface area contributed by atoms with Crippen molar-refractivity contribution in [3.8, 4) is 0 Å². The highest BCUT2D eigenvalue weighted by Gasteiger charge is 2.22. The second-order valence-electron chi connectivity index (χ2n) is 4.70. The summed E-state index contributed by atoms with van der Waals surface area (Å²) in [4.78, 5) is 18.2. The first kappa shape index (κ1) is 12.2. The van der Waals surface area contributed by atoms with Crippen molar-refractivity contribution in [3.05, 3.63) is 12.5 Å². The van der Waals surface area contributed by atoms with E-state index >= 15 is 0 Å². The Kier molecular flexibility index (Phi) is 4.25. The second kappa shape index (κ2) is 5.91. The number of hydrogen-bond donors (Lipinski definition) is 1. The van der Waals surface area contributed by atoms with E-state index in [-0.39, 0.29) is 5.91 Å². The molecule has 0 saturated carbocycles. The van der Waals surface area contributed by atoms with Gasteiger partial charge in [-0.2, -0.15) is 0 Å². The molecule has 2 heterocycles. The molecule has 96 valence electrons. The molecule has 0 radical (unpaired) electrons. The van der Waals surface area contributed by atoms with Crippen molar-refractivity contribution in [2.45, 2.75) is 12.8 Å². The van der Waals surface area contributed by atoms with Crippen molar-refractivity contribution in [2.24, 2.45) is 0 Å². The second-order valence-corrected chi connectivity index (χ2v) is 4.70. The van der Waals surface area contributed by atoms with E-state index in [1.54, 1.807) is 6.20 Å². The maximum atomic E-state index is 11.9. The largest absolute Gasteiger partial charge is 0.514 e. The minimum Gasteiger partial charge on any atom is -0.514 e. The van der Waals surface area contributed by atoms with Crippen LogP contribution in [0.5, 0.6) is 0 Å². The molecule has 2 fully saturated rings. The number of carbonyl (C=O) groups is 1. The zero-order valence-corrected chi connectivity index (χ0v) is 10.2. The van der Waals surface area contributed by atoms with Gasteiger partial charge >= 0.3 is 0 Å². The summed E-state index contributed by atoms with van der Waals surface area (Å²) in [5.41, 5.74) is 0. The number of likely N-dealkylation sites (tertiary alicyclic amines) is 1. The average Bonchev–Trinajstić information content (AvgIpc) is 2.86. The fraction of sp³-hybridized carbons (Fsp3) is 0.750. The normalized spacial score (nSPS) is 22.6. The lowest BCUT2D eigenvalue weighted by molar-refractivity contribution is -0.131. The van der Waals surface area contributed by atoms with Crippen molar-refractivity contribution < 1.29 is 9.90 Å². The van der Waals surface area contributed by atoms with Gasteiger partial charge in [-0.1, -0.05) is 0 Å². The summed E-state index contributed by atoms with van der Waals surface area (Å²) in [5, 5.41) is 8.68. The zero-order chi connectivity index (χ0) is 12.1. The SMILES string of the molecule is O=C(CN1CCN(/C=C/O)CC1)N1CCCC1. The Morgan fingerprint density at radius 1 is 1.06 bits per heavy atom. The van der Waals surface area contributed by atoms with Crippen molar-refractivity contribution in [3.63, 3.8) is 0 Å². The molecular weight excluding hydrogens is 218 g/mol. The first-order chi connectivity index (χ1) is 8.29. The van der Waals surface area contributed by atoms with Crippen LogP contribution in [0.4, 0.5) is 0 Å². The first-order valence-electron chi connectivity index (χ1n) is 6.34. The summed E-state index contributed by atoms with van der Waals surface area (Å²) in [7, 11) is 0. The van der Waals surface area contributed by atoms with Gasteiger partial charge in [-0.15, -0.1) is 0 Å². The van der Waals surface area contributed by atoms with Gasteiger partial charge in [-0.25, -0.2) is 0 Å². The van der Waals surface area contributed by atoms with Gasteiger partial charge in [0.15, 0.2) is 0 Å². The molecule has 5 nitrogen and oxygen atoms in total. The monoisotopic (exact) mass is 239 g/mol. The van der Waals surface area contributed by atoms with Crippen molar-refractivity contribution >= 4 is 5.91 Å². The van der Waals surface area contributed by atoms with E-state index in [0.717, 1.165) is 58.4 Å². The van der Waals surface area contributed by atoms with Gasteiger partial charge in [-0.3, -0.25) is 9.69 Å². The van der Waals surface area contributed by atoms with Gasteiger partial charge < -0.3 is 14.9 Å². The van der Waals surface area contributed by atoms with Crippen molar-refractivity contribution in [1.82, 2.24) is 14.7 Å². The molecule has 2 saturated heterocycles. The highest BCUT2D eigenvalue weighted by atomic mass is 16.2.